The zero-order chi connectivity index (χ0) is 18.7. The van der Waals surface area contributed by atoms with E-state index in [0.29, 0.717) is 22.8 Å². The van der Waals surface area contributed by atoms with Gasteiger partial charge in [-0.1, -0.05) is 49.0 Å². The van der Waals surface area contributed by atoms with Gasteiger partial charge in [-0.15, -0.1) is 11.8 Å². The highest BCUT2D eigenvalue weighted by molar-refractivity contribution is 7.99. The van der Waals surface area contributed by atoms with Gasteiger partial charge in [0.05, 0.1) is 11.8 Å². The van der Waals surface area contributed by atoms with Crippen LogP contribution in [0.4, 0.5) is 4.39 Å². The minimum absolute atomic E-state index is 0.152. The van der Waals surface area contributed by atoms with Gasteiger partial charge in [0.2, 0.25) is 5.91 Å². The first-order valence-corrected chi connectivity index (χ1v) is 9.57. The molecule has 26 heavy (non-hydrogen) atoms. The van der Waals surface area contributed by atoms with Crippen LogP contribution in [0.1, 0.15) is 18.4 Å². The third-order valence-electron chi connectivity index (χ3n) is 4.64. The molecule has 0 aromatic heterocycles. The molecule has 1 aliphatic heterocycles. The first-order chi connectivity index (χ1) is 12.5. The van der Waals surface area contributed by atoms with Gasteiger partial charge in [0.25, 0.3) is 0 Å². The van der Waals surface area contributed by atoms with Crippen molar-refractivity contribution in [2.75, 3.05) is 11.6 Å². The van der Waals surface area contributed by atoms with E-state index in [0.717, 1.165) is 5.56 Å². The molecule has 0 N–H and O–H groups in total. The molecule has 2 atom stereocenters. The molecule has 2 unspecified atom stereocenters. The summed E-state index contributed by atoms with van der Waals surface area (Å²) in [7, 11) is 0. The predicted octanol–water partition coefficient (Wildman–Crippen LogP) is 4.25. The third kappa shape index (κ3) is 3.58. The largest absolute Gasteiger partial charge is 0.322 e. The van der Waals surface area contributed by atoms with Crippen molar-refractivity contribution in [3.05, 3.63) is 72.6 Å². The fraction of sp³-hybridized carbons (Fsp3) is 0.238. The van der Waals surface area contributed by atoms with E-state index in [1.54, 1.807) is 35.7 Å². The summed E-state index contributed by atoms with van der Waals surface area (Å²) in [6.07, 6.45) is 1.26. The molecule has 0 bridgehead atoms. The van der Waals surface area contributed by atoms with Gasteiger partial charge in [-0.25, -0.2) is 4.39 Å². The number of carbonyl (C=O) groups excluding carboxylic acids is 2. The Labute approximate surface area is 156 Å². The van der Waals surface area contributed by atoms with Crippen LogP contribution >= 0.6 is 11.8 Å². The second-order valence-corrected chi connectivity index (χ2v) is 7.26. The SMILES string of the molecule is C=CC(=O)C1CSCN1C(=O)C(C)c1ccc(-c2ccccc2)c(F)c1. The van der Waals surface area contributed by atoms with E-state index in [1.165, 1.54) is 12.1 Å². The number of halogens is 1. The van der Waals surface area contributed by atoms with E-state index in [9.17, 15) is 14.0 Å². The van der Waals surface area contributed by atoms with E-state index in [1.807, 2.05) is 30.3 Å². The van der Waals surface area contributed by atoms with Gasteiger partial charge in [-0.2, -0.15) is 0 Å². The summed E-state index contributed by atoms with van der Waals surface area (Å²) in [4.78, 5) is 26.4. The van der Waals surface area contributed by atoms with Crippen LogP contribution in [0.15, 0.2) is 61.2 Å². The lowest BCUT2D eigenvalue weighted by molar-refractivity contribution is -0.136. The summed E-state index contributed by atoms with van der Waals surface area (Å²) >= 11 is 1.54. The van der Waals surface area contributed by atoms with Crippen LogP contribution in [0.25, 0.3) is 11.1 Å². The molecule has 1 fully saturated rings. The average Bonchev–Trinajstić information content (AvgIpc) is 3.16. The fourth-order valence-corrected chi connectivity index (χ4v) is 4.25. The maximum Gasteiger partial charge on any atom is 0.231 e. The smallest absolute Gasteiger partial charge is 0.231 e. The zero-order valence-electron chi connectivity index (χ0n) is 14.5. The number of thioether (sulfide) groups is 1. The molecule has 1 amide bonds. The van der Waals surface area contributed by atoms with Gasteiger partial charge in [0, 0.05) is 11.3 Å². The molecular formula is C21H20FNO2S. The van der Waals surface area contributed by atoms with Crippen molar-refractivity contribution in [1.82, 2.24) is 4.90 Å². The van der Waals surface area contributed by atoms with Gasteiger partial charge in [-0.05, 0) is 30.2 Å². The predicted molar refractivity (Wildman–Crippen MR) is 103 cm³/mol. The maximum absolute atomic E-state index is 14.6. The molecule has 3 nitrogen and oxygen atoms in total. The monoisotopic (exact) mass is 369 g/mol. The lowest BCUT2D eigenvalue weighted by atomic mass is 9.95. The highest BCUT2D eigenvalue weighted by Gasteiger charge is 2.35. The van der Waals surface area contributed by atoms with Gasteiger partial charge in [0.15, 0.2) is 5.78 Å². The summed E-state index contributed by atoms with van der Waals surface area (Å²) < 4.78 is 14.6. The summed E-state index contributed by atoms with van der Waals surface area (Å²) in [6, 6.07) is 13.7. The van der Waals surface area contributed by atoms with Crippen LogP contribution in [0.5, 0.6) is 0 Å². The Kier molecular flexibility index (Phi) is 5.57. The van der Waals surface area contributed by atoms with Crippen LogP contribution in [0.3, 0.4) is 0 Å². The molecule has 2 aromatic carbocycles. The van der Waals surface area contributed by atoms with Gasteiger partial charge in [0.1, 0.15) is 11.9 Å². The van der Waals surface area contributed by atoms with Crippen LogP contribution in [-0.2, 0) is 9.59 Å². The molecular weight excluding hydrogens is 349 g/mol. The van der Waals surface area contributed by atoms with Crippen molar-refractivity contribution in [3.8, 4) is 11.1 Å². The van der Waals surface area contributed by atoms with E-state index >= 15 is 0 Å². The van der Waals surface area contributed by atoms with Crippen molar-refractivity contribution in [2.45, 2.75) is 18.9 Å². The quantitative estimate of drug-likeness (QED) is 0.740. The standard InChI is InChI=1S/C21H20FNO2S/c1-3-20(24)19-12-26-13-23(19)21(25)14(2)16-9-10-17(18(22)11-16)15-7-5-4-6-8-15/h3-11,14,19H,1,12-13H2,2H3. The first kappa shape index (κ1) is 18.4. The maximum atomic E-state index is 14.6. The molecule has 0 spiro atoms. The topological polar surface area (TPSA) is 37.4 Å². The van der Waals surface area contributed by atoms with Gasteiger partial charge < -0.3 is 4.90 Å². The molecule has 0 aliphatic carbocycles. The Bertz CT molecular complexity index is 837. The minimum Gasteiger partial charge on any atom is -0.322 e. The van der Waals surface area contributed by atoms with E-state index in [2.05, 4.69) is 6.58 Å². The summed E-state index contributed by atoms with van der Waals surface area (Å²) in [6.45, 7) is 5.25. The Morgan fingerprint density at radius 1 is 1.27 bits per heavy atom. The lowest BCUT2D eigenvalue weighted by Gasteiger charge is -2.25. The number of rotatable bonds is 5. The van der Waals surface area contributed by atoms with Crippen molar-refractivity contribution < 1.29 is 14.0 Å². The number of ketones is 1. The summed E-state index contributed by atoms with van der Waals surface area (Å²) in [5.74, 6) is -0.151. The summed E-state index contributed by atoms with van der Waals surface area (Å²) in [5, 5.41) is 0. The number of hydrogen-bond acceptors (Lipinski definition) is 3. The first-order valence-electron chi connectivity index (χ1n) is 8.42. The molecule has 1 aliphatic rings. The second kappa shape index (κ2) is 7.87. The van der Waals surface area contributed by atoms with E-state index in [-0.39, 0.29) is 17.5 Å². The van der Waals surface area contributed by atoms with Crippen molar-refractivity contribution >= 4 is 23.5 Å². The highest BCUT2D eigenvalue weighted by atomic mass is 32.2. The average molecular weight is 369 g/mol. The Morgan fingerprint density at radius 2 is 2.00 bits per heavy atom. The minimum atomic E-state index is -0.520. The molecule has 1 heterocycles. The molecule has 0 saturated carbocycles. The van der Waals surface area contributed by atoms with Crippen LogP contribution in [0, 0.1) is 5.82 Å². The summed E-state index contributed by atoms with van der Waals surface area (Å²) in [5.41, 5.74) is 1.91. The number of hydrogen-bond donors (Lipinski definition) is 0. The third-order valence-corrected chi connectivity index (χ3v) is 5.66. The Hall–Kier alpha value is -2.40. The zero-order valence-corrected chi connectivity index (χ0v) is 15.3. The molecule has 3 rings (SSSR count). The fourth-order valence-electron chi connectivity index (χ4n) is 3.08. The Balaban J connectivity index is 1.82. The van der Waals surface area contributed by atoms with Crippen LogP contribution < -0.4 is 0 Å². The number of nitrogens with zero attached hydrogens (tertiary/aromatic N) is 1. The second-order valence-electron chi connectivity index (χ2n) is 6.26. The Morgan fingerprint density at radius 3 is 2.65 bits per heavy atom. The number of benzene rings is 2. The number of amides is 1. The molecule has 0 radical (unpaired) electrons. The van der Waals surface area contributed by atoms with E-state index in [4.69, 9.17) is 0 Å². The highest BCUT2D eigenvalue weighted by Crippen LogP contribution is 2.30. The van der Waals surface area contributed by atoms with Crippen molar-refractivity contribution in [3.63, 3.8) is 0 Å². The molecule has 1 saturated heterocycles. The number of carbonyl (C=O) groups is 2. The van der Waals surface area contributed by atoms with Crippen LogP contribution in [-0.4, -0.2) is 34.3 Å². The van der Waals surface area contributed by atoms with Crippen molar-refractivity contribution in [2.24, 2.45) is 0 Å². The van der Waals surface area contributed by atoms with E-state index < -0.39 is 12.0 Å². The molecule has 5 heteroatoms. The van der Waals surface area contributed by atoms with Gasteiger partial charge >= 0.3 is 0 Å². The van der Waals surface area contributed by atoms with Crippen molar-refractivity contribution in [1.29, 1.82) is 0 Å². The molecule has 134 valence electrons. The normalized spacial score (nSPS) is 17.8. The molecule has 2 aromatic rings. The lowest BCUT2D eigenvalue weighted by Crippen LogP contribution is -2.43. The van der Waals surface area contributed by atoms with Gasteiger partial charge in [-0.3, -0.25) is 9.59 Å². The van der Waals surface area contributed by atoms with Crippen LogP contribution in [0.2, 0.25) is 0 Å².